The van der Waals surface area contributed by atoms with Gasteiger partial charge in [0.1, 0.15) is 24.6 Å². The Labute approximate surface area is 214 Å². The Kier molecular flexibility index (Phi) is 4.30. The van der Waals surface area contributed by atoms with Crippen LogP contribution in [-0.2, 0) is 9.47 Å². The van der Waals surface area contributed by atoms with Crippen LogP contribution in [0.2, 0.25) is 0 Å². The van der Waals surface area contributed by atoms with Crippen LogP contribution < -0.4 is 0 Å². The van der Waals surface area contributed by atoms with Gasteiger partial charge in [-0.15, -0.1) is 0 Å². The van der Waals surface area contributed by atoms with Gasteiger partial charge in [-0.05, 0) is 136 Å². The molecule has 1 aromatic heterocycles. The molecule has 190 valence electrons. The number of nitrogens with zero attached hydrogens (tertiary/aromatic N) is 3. The summed E-state index contributed by atoms with van der Waals surface area (Å²) in [6.45, 7) is 1.47. The van der Waals surface area contributed by atoms with Crippen LogP contribution in [0.1, 0.15) is 88.4 Å². The third-order valence-electron chi connectivity index (χ3n) is 12.1. The molecule has 0 N–H and O–H groups in total. The maximum absolute atomic E-state index is 6.25. The second-order valence-corrected chi connectivity index (χ2v) is 14.5. The summed E-state index contributed by atoms with van der Waals surface area (Å²) in [6.07, 6.45) is 17.0. The van der Waals surface area contributed by atoms with E-state index >= 15 is 0 Å². The monoisotopic (exact) mass is 485 g/mol. The molecule has 1 aromatic rings. The minimum atomic E-state index is 0.312. The van der Waals surface area contributed by atoms with Crippen molar-refractivity contribution >= 4 is 11.8 Å². The molecule has 8 fully saturated rings. The second-order valence-electron chi connectivity index (χ2n) is 14.5. The zero-order chi connectivity index (χ0) is 23.5. The van der Waals surface area contributed by atoms with Crippen molar-refractivity contribution in [2.75, 3.05) is 13.2 Å². The maximum Gasteiger partial charge on any atom is 0.235 e. The average molecular weight is 486 g/mol. The summed E-state index contributed by atoms with van der Waals surface area (Å²) in [5.41, 5.74) is 2.48. The highest BCUT2D eigenvalue weighted by Gasteiger charge is 2.56. The highest BCUT2D eigenvalue weighted by molar-refractivity contribution is 5.97. The minimum Gasteiger partial charge on any atom is -0.474 e. The number of ether oxygens (including phenoxy) is 2. The number of hydrogen-bond donors (Lipinski definition) is 0. The van der Waals surface area contributed by atoms with E-state index in [2.05, 4.69) is 18.2 Å². The predicted molar refractivity (Wildman–Crippen MR) is 138 cm³/mol. The van der Waals surface area contributed by atoms with Gasteiger partial charge in [-0.3, -0.25) is 0 Å². The summed E-state index contributed by atoms with van der Waals surface area (Å²) in [5, 5.41) is 0. The number of aliphatic imine (C=N–C) groups is 2. The van der Waals surface area contributed by atoms with Crippen LogP contribution in [0.4, 0.5) is 0 Å². The summed E-state index contributed by atoms with van der Waals surface area (Å²) in [5.74, 6) is 7.14. The lowest BCUT2D eigenvalue weighted by molar-refractivity contribution is -0.0692. The van der Waals surface area contributed by atoms with E-state index in [1.165, 1.54) is 77.0 Å². The molecule has 0 aromatic carbocycles. The highest BCUT2D eigenvalue weighted by Crippen LogP contribution is 2.63. The Morgan fingerprint density at radius 2 is 0.917 bits per heavy atom. The van der Waals surface area contributed by atoms with Crippen molar-refractivity contribution in [2.45, 2.75) is 89.1 Å². The smallest absolute Gasteiger partial charge is 0.235 e. The van der Waals surface area contributed by atoms with E-state index in [4.69, 9.17) is 24.4 Å². The normalized spacial score (nSPS) is 49.7. The SMILES string of the molecule is c1cc(C2=NC(C34CC5CC(CC(C5)C3)C4)CO2)nc(C2=NC(C34CC5CC(CC(C5)C3)C4)CO2)c1. The van der Waals surface area contributed by atoms with Gasteiger partial charge in [-0.2, -0.15) is 0 Å². The molecule has 11 rings (SSSR count). The first-order valence-electron chi connectivity index (χ1n) is 15.0. The Hall–Kier alpha value is -1.91. The molecule has 5 nitrogen and oxygen atoms in total. The number of aromatic nitrogens is 1. The van der Waals surface area contributed by atoms with Crippen molar-refractivity contribution in [2.24, 2.45) is 56.3 Å². The molecule has 2 atom stereocenters. The van der Waals surface area contributed by atoms with Gasteiger partial charge in [-0.25, -0.2) is 15.0 Å². The van der Waals surface area contributed by atoms with Gasteiger partial charge in [0.25, 0.3) is 0 Å². The molecule has 3 heterocycles. The van der Waals surface area contributed by atoms with E-state index < -0.39 is 0 Å². The molecule has 0 amide bonds. The fourth-order valence-electron chi connectivity index (χ4n) is 11.5. The summed E-state index contributed by atoms with van der Waals surface area (Å²) in [7, 11) is 0. The van der Waals surface area contributed by atoms with Gasteiger partial charge in [0.2, 0.25) is 11.8 Å². The van der Waals surface area contributed by atoms with Crippen molar-refractivity contribution in [1.29, 1.82) is 0 Å². The van der Waals surface area contributed by atoms with Crippen LogP contribution in [0, 0.1) is 46.3 Å². The molecule has 2 aliphatic heterocycles. The van der Waals surface area contributed by atoms with Crippen molar-refractivity contribution in [3.05, 3.63) is 29.6 Å². The summed E-state index contributed by atoms with van der Waals surface area (Å²) >= 11 is 0. The highest BCUT2D eigenvalue weighted by atomic mass is 16.5. The lowest BCUT2D eigenvalue weighted by Crippen LogP contribution is -2.51. The average Bonchev–Trinajstić information content (AvgIpc) is 3.54. The van der Waals surface area contributed by atoms with E-state index in [0.29, 0.717) is 22.9 Å². The van der Waals surface area contributed by atoms with Crippen molar-refractivity contribution in [3.63, 3.8) is 0 Å². The Morgan fingerprint density at radius 3 is 1.28 bits per heavy atom. The van der Waals surface area contributed by atoms with Crippen LogP contribution in [0.5, 0.6) is 0 Å². The Bertz CT molecular complexity index is 998. The summed E-state index contributed by atoms with van der Waals surface area (Å²) < 4.78 is 12.5. The summed E-state index contributed by atoms with van der Waals surface area (Å²) in [6, 6.07) is 6.80. The van der Waals surface area contributed by atoms with Crippen molar-refractivity contribution in [1.82, 2.24) is 4.98 Å². The molecule has 36 heavy (non-hydrogen) atoms. The van der Waals surface area contributed by atoms with Gasteiger partial charge >= 0.3 is 0 Å². The maximum atomic E-state index is 6.25. The predicted octanol–water partition coefficient (Wildman–Crippen LogP) is 5.81. The quantitative estimate of drug-likeness (QED) is 0.541. The van der Waals surface area contributed by atoms with E-state index in [0.717, 1.165) is 71.9 Å². The standard InChI is InChI=1S/C31H39N3O2/c1-2-24(28-33-26(16-35-28)30-10-18-4-19(11-30)6-20(5-18)12-30)32-25(3-1)29-34-27(17-36-29)31-13-21-7-22(14-31)9-23(8-21)15-31/h1-3,18-23,26-27H,4-17H2. The number of rotatable bonds is 4. The van der Waals surface area contributed by atoms with Gasteiger partial charge in [0.05, 0.1) is 12.1 Å². The van der Waals surface area contributed by atoms with E-state index in [1.807, 2.05) is 0 Å². The zero-order valence-corrected chi connectivity index (χ0v) is 21.4. The molecule has 8 aliphatic carbocycles. The van der Waals surface area contributed by atoms with Crippen molar-refractivity contribution < 1.29 is 9.47 Å². The van der Waals surface area contributed by atoms with Gasteiger partial charge in [0.15, 0.2) is 0 Å². The first-order valence-corrected chi connectivity index (χ1v) is 15.0. The molecule has 0 radical (unpaired) electrons. The van der Waals surface area contributed by atoms with E-state index in [1.54, 1.807) is 0 Å². The molecule has 0 saturated heterocycles. The van der Waals surface area contributed by atoms with Crippen LogP contribution in [0.3, 0.4) is 0 Å². The first-order chi connectivity index (χ1) is 17.6. The minimum absolute atomic E-state index is 0.312. The summed E-state index contributed by atoms with van der Waals surface area (Å²) in [4.78, 5) is 15.4. The van der Waals surface area contributed by atoms with Crippen LogP contribution in [0.15, 0.2) is 28.2 Å². The fraction of sp³-hybridized carbons (Fsp3) is 0.774. The van der Waals surface area contributed by atoms with E-state index in [9.17, 15) is 0 Å². The Balaban J connectivity index is 0.970. The Morgan fingerprint density at radius 1 is 0.556 bits per heavy atom. The second kappa shape index (κ2) is 7.35. The van der Waals surface area contributed by atoms with Gasteiger partial charge < -0.3 is 9.47 Å². The molecular formula is C31H39N3O2. The molecule has 8 bridgehead atoms. The zero-order valence-electron chi connectivity index (χ0n) is 21.4. The lowest BCUT2D eigenvalue weighted by Gasteiger charge is -2.58. The molecule has 8 saturated carbocycles. The van der Waals surface area contributed by atoms with Crippen LogP contribution >= 0.6 is 0 Å². The molecule has 2 unspecified atom stereocenters. The lowest BCUT2D eigenvalue weighted by atomic mass is 9.48. The van der Waals surface area contributed by atoms with Gasteiger partial charge in [-0.1, -0.05) is 6.07 Å². The van der Waals surface area contributed by atoms with Crippen molar-refractivity contribution in [3.8, 4) is 0 Å². The topological polar surface area (TPSA) is 56.1 Å². The van der Waals surface area contributed by atoms with E-state index in [-0.39, 0.29) is 0 Å². The third kappa shape index (κ3) is 3.10. The number of hydrogen-bond acceptors (Lipinski definition) is 5. The third-order valence-corrected chi connectivity index (χ3v) is 12.1. The fourth-order valence-corrected chi connectivity index (χ4v) is 11.5. The molecule has 10 aliphatic rings. The molecule has 0 spiro atoms. The number of pyridine rings is 1. The van der Waals surface area contributed by atoms with Crippen LogP contribution in [0.25, 0.3) is 0 Å². The van der Waals surface area contributed by atoms with Gasteiger partial charge in [0, 0.05) is 0 Å². The van der Waals surface area contributed by atoms with Crippen LogP contribution in [-0.4, -0.2) is 42.1 Å². The first kappa shape index (κ1) is 21.1. The molecule has 5 heteroatoms. The largest absolute Gasteiger partial charge is 0.474 e. The molecular weight excluding hydrogens is 446 g/mol.